The Kier molecular flexibility index (Phi) is 8.70. The van der Waals surface area contributed by atoms with E-state index in [0.29, 0.717) is 6.42 Å². The Hall–Kier alpha value is -1.87. The fraction of sp³-hybridized carbons (Fsp3) is 0.800. The molecule has 24 heavy (non-hydrogen) atoms. The number of hydrogen-bond donors (Lipinski definition) is 5. The maximum Gasteiger partial charge on any atom is 0.408 e. The predicted molar refractivity (Wildman–Crippen MR) is 88.6 cm³/mol. The lowest BCUT2D eigenvalue weighted by Crippen LogP contribution is -2.58. The highest BCUT2D eigenvalue weighted by molar-refractivity contribution is 5.91. The zero-order valence-electron chi connectivity index (χ0n) is 15.2. The molecule has 3 amide bonds. The standard InChI is InChI=1S/C15H30N4O5/c1-8(2)7-10(17-14(23)24-15(4,5)6)12(21)18-11(9(3)20)13(22)19-16/h8-11,20H,7,16H2,1-6H3,(H,17,23)(H,18,21)(H,19,22)/t9-,10+,11+/m1/s1. The van der Waals surface area contributed by atoms with E-state index in [9.17, 15) is 19.5 Å². The topological polar surface area (TPSA) is 143 Å². The Morgan fingerprint density at radius 3 is 2.00 bits per heavy atom. The second-order valence-electron chi connectivity index (χ2n) is 7.06. The molecule has 0 saturated heterocycles. The van der Waals surface area contributed by atoms with Crippen LogP contribution in [0.5, 0.6) is 0 Å². The summed E-state index contributed by atoms with van der Waals surface area (Å²) in [5, 5.41) is 14.5. The number of aliphatic hydroxyl groups is 1. The summed E-state index contributed by atoms with van der Waals surface area (Å²) in [6.45, 7) is 10.2. The van der Waals surface area contributed by atoms with Crippen molar-refractivity contribution in [3.8, 4) is 0 Å². The Balaban J connectivity index is 5.05. The molecule has 0 heterocycles. The van der Waals surface area contributed by atoms with Crippen LogP contribution >= 0.6 is 0 Å². The van der Waals surface area contributed by atoms with Crippen molar-refractivity contribution in [2.45, 2.75) is 71.8 Å². The first kappa shape index (κ1) is 22.1. The highest BCUT2D eigenvalue weighted by Crippen LogP contribution is 2.10. The summed E-state index contributed by atoms with van der Waals surface area (Å²) in [6.07, 6.45) is -1.55. The first-order valence-corrected chi connectivity index (χ1v) is 7.85. The number of aliphatic hydroxyl groups excluding tert-OH is 1. The van der Waals surface area contributed by atoms with Gasteiger partial charge in [-0.25, -0.2) is 10.6 Å². The molecule has 0 rings (SSSR count). The minimum Gasteiger partial charge on any atom is -0.444 e. The van der Waals surface area contributed by atoms with Gasteiger partial charge in [-0.1, -0.05) is 13.8 Å². The third-order valence-corrected chi connectivity index (χ3v) is 2.92. The molecule has 0 aromatic rings. The molecule has 0 fully saturated rings. The van der Waals surface area contributed by atoms with Crippen LogP contribution in [0, 0.1) is 5.92 Å². The van der Waals surface area contributed by atoms with Gasteiger partial charge in [0.2, 0.25) is 5.91 Å². The van der Waals surface area contributed by atoms with Crippen LogP contribution in [-0.4, -0.2) is 46.8 Å². The number of carbonyl (C=O) groups excluding carboxylic acids is 3. The molecule has 9 nitrogen and oxygen atoms in total. The lowest BCUT2D eigenvalue weighted by Gasteiger charge is -2.26. The van der Waals surface area contributed by atoms with E-state index in [4.69, 9.17) is 10.6 Å². The Morgan fingerprint density at radius 1 is 1.08 bits per heavy atom. The molecule has 0 bridgehead atoms. The number of hydrazine groups is 1. The van der Waals surface area contributed by atoms with Crippen molar-refractivity contribution in [3.05, 3.63) is 0 Å². The molecule has 0 aliphatic carbocycles. The second-order valence-corrected chi connectivity index (χ2v) is 7.06. The van der Waals surface area contributed by atoms with Crippen LogP contribution in [0.3, 0.4) is 0 Å². The quantitative estimate of drug-likeness (QED) is 0.245. The maximum absolute atomic E-state index is 12.4. The molecule has 0 radical (unpaired) electrons. The van der Waals surface area contributed by atoms with Gasteiger partial charge >= 0.3 is 6.09 Å². The van der Waals surface area contributed by atoms with Crippen LogP contribution < -0.4 is 21.9 Å². The number of hydrogen-bond acceptors (Lipinski definition) is 6. The zero-order chi connectivity index (χ0) is 19.1. The van der Waals surface area contributed by atoms with E-state index in [1.807, 2.05) is 19.3 Å². The number of rotatable bonds is 7. The van der Waals surface area contributed by atoms with Crippen molar-refractivity contribution in [1.82, 2.24) is 16.1 Å². The number of ether oxygens (including phenoxy) is 1. The highest BCUT2D eigenvalue weighted by atomic mass is 16.6. The summed E-state index contributed by atoms with van der Waals surface area (Å²) >= 11 is 0. The van der Waals surface area contributed by atoms with Crippen LogP contribution in [0.25, 0.3) is 0 Å². The lowest BCUT2D eigenvalue weighted by atomic mass is 10.0. The molecule has 0 aromatic heterocycles. The maximum atomic E-state index is 12.4. The van der Waals surface area contributed by atoms with Crippen LogP contribution in [-0.2, 0) is 14.3 Å². The molecule has 0 unspecified atom stereocenters. The van der Waals surface area contributed by atoms with E-state index in [2.05, 4.69) is 10.6 Å². The van der Waals surface area contributed by atoms with Crippen molar-refractivity contribution in [2.24, 2.45) is 11.8 Å². The molecule has 6 N–H and O–H groups in total. The van der Waals surface area contributed by atoms with E-state index in [1.54, 1.807) is 20.8 Å². The molecule has 140 valence electrons. The zero-order valence-corrected chi connectivity index (χ0v) is 15.2. The lowest BCUT2D eigenvalue weighted by molar-refractivity contribution is -0.132. The van der Waals surface area contributed by atoms with Gasteiger partial charge in [0.25, 0.3) is 5.91 Å². The molecule has 9 heteroatoms. The number of carbonyl (C=O) groups is 3. The molecule has 0 spiro atoms. The number of alkyl carbamates (subject to hydrolysis) is 1. The Bertz CT molecular complexity index is 446. The van der Waals surface area contributed by atoms with Gasteiger partial charge in [-0.15, -0.1) is 0 Å². The summed E-state index contributed by atoms with van der Waals surface area (Å²) in [5.41, 5.74) is 1.17. The Morgan fingerprint density at radius 2 is 1.62 bits per heavy atom. The molecule has 0 aromatic carbocycles. The first-order chi connectivity index (χ1) is 10.9. The van der Waals surface area contributed by atoms with Crippen molar-refractivity contribution in [2.75, 3.05) is 0 Å². The fourth-order valence-electron chi connectivity index (χ4n) is 1.90. The van der Waals surface area contributed by atoms with Gasteiger partial charge in [-0.3, -0.25) is 15.0 Å². The monoisotopic (exact) mass is 346 g/mol. The van der Waals surface area contributed by atoms with Gasteiger partial charge < -0.3 is 20.5 Å². The molecular formula is C15H30N4O5. The van der Waals surface area contributed by atoms with Crippen molar-refractivity contribution >= 4 is 17.9 Å². The van der Waals surface area contributed by atoms with Crippen LogP contribution in [0.1, 0.15) is 48.0 Å². The molecule has 3 atom stereocenters. The summed E-state index contributed by atoms with van der Waals surface area (Å²) in [4.78, 5) is 35.9. The van der Waals surface area contributed by atoms with Gasteiger partial charge in [0.1, 0.15) is 17.7 Å². The third-order valence-electron chi connectivity index (χ3n) is 2.92. The molecule has 0 aliphatic heterocycles. The first-order valence-electron chi connectivity index (χ1n) is 7.85. The molecule has 0 saturated carbocycles. The third kappa shape index (κ3) is 8.68. The van der Waals surface area contributed by atoms with Crippen molar-refractivity contribution in [3.63, 3.8) is 0 Å². The summed E-state index contributed by atoms with van der Waals surface area (Å²) < 4.78 is 5.14. The highest BCUT2D eigenvalue weighted by Gasteiger charge is 2.30. The smallest absolute Gasteiger partial charge is 0.408 e. The van der Waals surface area contributed by atoms with Gasteiger partial charge in [-0.05, 0) is 40.0 Å². The fourth-order valence-corrected chi connectivity index (χ4v) is 1.90. The van der Waals surface area contributed by atoms with Crippen molar-refractivity contribution in [1.29, 1.82) is 0 Å². The second kappa shape index (κ2) is 9.43. The van der Waals surface area contributed by atoms with Gasteiger partial charge in [0.15, 0.2) is 0 Å². The van der Waals surface area contributed by atoms with Crippen LogP contribution in [0.15, 0.2) is 0 Å². The van der Waals surface area contributed by atoms with E-state index in [-0.39, 0.29) is 5.92 Å². The van der Waals surface area contributed by atoms with E-state index >= 15 is 0 Å². The average Bonchev–Trinajstić information content (AvgIpc) is 2.39. The average molecular weight is 346 g/mol. The predicted octanol–water partition coefficient (Wildman–Crippen LogP) is -0.219. The Labute approximate surface area is 142 Å². The minimum absolute atomic E-state index is 0.101. The van der Waals surface area contributed by atoms with Gasteiger partial charge in [-0.2, -0.15) is 0 Å². The van der Waals surface area contributed by atoms with Crippen LogP contribution in [0.4, 0.5) is 4.79 Å². The number of nitrogens with one attached hydrogen (secondary N) is 3. The summed E-state index contributed by atoms with van der Waals surface area (Å²) in [7, 11) is 0. The number of nitrogens with two attached hydrogens (primary N) is 1. The van der Waals surface area contributed by atoms with E-state index in [1.165, 1.54) is 6.92 Å². The van der Waals surface area contributed by atoms with E-state index < -0.39 is 41.7 Å². The SMILES string of the molecule is CC(C)C[C@H](NC(=O)OC(C)(C)C)C(=O)N[C@H](C(=O)NN)[C@@H](C)O. The normalized spacial score (nSPS) is 15.2. The van der Waals surface area contributed by atoms with E-state index in [0.717, 1.165) is 0 Å². The number of amides is 3. The van der Waals surface area contributed by atoms with Gasteiger partial charge in [0, 0.05) is 0 Å². The summed E-state index contributed by atoms with van der Waals surface area (Å²) in [5.74, 6) is 3.80. The minimum atomic E-state index is -1.22. The van der Waals surface area contributed by atoms with Crippen molar-refractivity contribution < 1.29 is 24.2 Å². The van der Waals surface area contributed by atoms with Gasteiger partial charge in [0.05, 0.1) is 6.10 Å². The molecular weight excluding hydrogens is 316 g/mol. The summed E-state index contributed by atoms with van der Waals surface area (Å²) in [6, 6.07) is -2.13. The van der Waals surface area contributed by atoms with Crippen LogP contribution in [0.2, 0.25) is 0 Å². The molecule has 0 aliphatic rings. The largest absolute Gasteiger partial charge is 0.444 e.